The molecule has 1 heterocycles. The van der Waals surface area contributed by atoms with Crippen LogP contribution in [0.25, 0.3) is 0 Å². The summed E-state index contributed by atoms with van der Waals surface area (Å²) in [5.41, 5.74) is 8.40. The number of ether oxygens (including phenoxy) is 1. The van der Waals surface area contributed by atoms with E-state index in [0.29, 0.717) is 18.8 Å². The first-order valence-electron chi connectivity index (χ1n) is 6.28. The van der Waals surface area contributed by atoms with E-state index < -0.39 is 0 Å². The molecule has 0 aliphatic carbocycles. The Morgan fingerprint density at radius 2 is 2.00 bits per heavy atom. The van der Waals surface area contributed by atoms with E-state index in [2.05, 4.69) is 10.3 Å². The normalized spacial score (nSPS) is 15.3. The number of nitrogens with two attached hydrogens (primary N) is 1. The molecule has 0 unspecified atom stereocenters. The Morgan fingerprint density at radius 1 is 1.20 bits per heavy atom. The van der Waals surface area contributed by atoms with E-state index in [1.807, 2.05) is 42.5 Å². The second-order valence-electron chi connectivity index (χ2n) is 4.56. The fourth-order valence-corrected chi connectivity index (χ4v) is 2.10. The highest BCUT2D eigenvalue weighted by atomic mass is 35.5. The van der Waals surface area contributed by atoms with Crippen LogP contribution in [0.3, 0.4) is 0 Å². The first kappa shape index (κ1) is 12.8. The van der Waals surface area contributed by atoms with Gasteiger partial charge in [-0.1, -0.05) is 23.7 Å². The van der Waals surface area contributed by atoms with Crippen molar-refractivity contribution in [2.75, 3.05) is 17.7 Å². The summed E-state index contributed by atoms with van der Waals surface area (Å²) in [7, 11) is 0. The zero-order chi connectivity index (χ0) is 13.9. The number of halogens is 1. The van der Waals surface area contributed by atoms with Crippen LogP contribution < -0.4 is 15.8 Å². The molecule has 1 aliphatic heterocycles. The van der Waals surface area contributed by atoms with E-state index in [4.69, 9.17) is 22.1 Å². The second-order valence-corrected chi connectivity index (χ2v) is 5.00. The molecule has 0 radical (unpaired) electrons. The van der Waals surface area contributed by atoms with Gasteiger partial charge in [-0.05, 0) is 35.9 Å². The molecule has 0 saturated carbocycles. The topological polar surface area (TPSA) is 59.6 Å². The third kappa shape index (κ3) is 2.86. The highest BCUT2D eigenvalue weighted by Gasteiger charge is 2.14. The van der Waals surface area contributed by atoms with Gasteiger partial charge in [0.25, 0.3) is 0 Å². The number of rotatable bonds is 2. The maximum Gasteiger partial charge on any atom is 0.146 e. The van der Waals surface area contributed by atoms with Crippen molar-refractivity contribution in [1.29, 1.82) is 0 Å². The Balaban J connectivity index is 1.73. The molecule has 0 bridgehead atoms. The summed E-state index contributed by atoms with van der Waals surface area (Å²) < 4.78 is 5.63. The highest BCUT2D eigenvalue weighted by Crippen LogP contribution is 2.29. The molecule has 0 fully saturated rings. The van der Waals surface area contributed by atoms with Crippen LogP contribution in [-0.4, -0.2) is 12.4 Å². The quantitative estimate of drug-likeness (QED) is 0.833. The molecule has 2 aromatic carbocycles. The average Bonchev–Trinajstić information content (AvgIpc) is 2.46. The zero-order valence-electron chi connectivity index (χ0n) is 10.8. The van der Waals surface area contributed by atoms with Crippen LogP contribution in [0, 0.1) is 0 Å². The maximum atomic E-state index is 5.85. The van der Waals surface area contributed by atoms with Gasteiger partial charge < -0.3 is 15.8 Å². The molecular formula is C15H14ClN3O. The van der Waals surface area contributed by atoms with Gasteiger partial charge in [0, 0.05) is 10.7 Å². The minimum absolute atomic E-state index is 0.435. The predicted molar refractivity (Wildman–Crippen MR) is 82.6 cm³/mol. The number of benzene rings is 2. The number of nitrogens with zero attached hydrogens (tertiary/aromatic N) is 1. The van der Waals surface area contributed by atoms with Gasteiger partial charge in [-0.3, -0.25) is 4.99 Å². The fraction of sp³-hybridized carbons (Fsp3) is 0.133. The van der Waals surface area contributed by atoms with Gasteiger partial charge in [0.2, 0.25) is 0 Å². The molecule has 0 amide bonds. The molecule has 3 rings (SSSR count). The number of nitrogens with one attached hydrogen (secondary N) is 1. The van der Waals surface area contributed by atoms with Gasteiger partial charge in [0.05, 0.1) is 12.2 Å². The summed E-state index contributed by atoms with van der Waals surface area (Å²) in [4.78, 5) is 4.51. The Morgan fingerprint density at radius 3 is 2.80 bits per heavy atom. The standard InChI is InChI=1S/C15H14ClN3O/c16-11-3-1-10(2-4-11)8-18-15-9-20-14-6-5-12(17)7-13(14)19-15/h1-7H,8-9,17H2,(H,18,19). The third-order valence-corrected chi connectivity index (χ3v) is 3.26. The lowest BCUT2D eigenvalue weighted by Gasteiger charge is -2.21. The summed E-state index contributed by atoms with van der Waals surface area (Å²) >= 11 is 5.85. The number of aliphatic imine (C=N–C) groups is 1. The van der Waals surface area contributed by atoms with Gasteiger partial charge in [-0.2, -0.15) is 0 Å². The molecule has 2 aromatic rings. The van der Waals surface area contributed by atoms with Gasteiger partial charge in [0.15, 0.2) is 0 Å². The first-order chi connectivity index (χ1) is 9.70. The number of fused-ring (bicyclic) bond motifs is 1. The number of anilines is 2. The summed E-state index contributed by atoms with van der Waals surface area (Å²) in [6, 6.07) is 13.1. The van der Waals surface area contributed by atoms with Crippen molar-refractivity contribution in [3.63, 3.8) is 0 Å². The van der Waals surface area contributed by atoms with Crippen LogP contribution in [0.15, 0.2) is 47.5 Å². The van der Waals surface area contributed by atoms with E-state index in [9.17, 15) is 0 Å². The van der Waals surface area contributed by atoms with Crippen LogP contribution in [0.4, 0.5) is 11.4 Å². The van der Waals surface area contributed by atoms with Crippen molar-refractivity contribution in [3.8, 4) is 5.75 Å². The van der Waals surface area contributed by atoms with Crippen LogP contribution in [0.2, 0.25) is 5.02 Å². The van der Waals surface area contributed by atoms with Crippen molar-refractivity contribution in [2.45, 2.75) is 6.54 Å². The lowest BCUT2D eigenvalue weighted by molar-refractivity contribution is 0.372. The molecule has 0 aromatic heterocycles. The van der Waals surface area contributed by atoms with Crippen LogP contribution >= 0.6 is 11.6 Å². The summed E-state index contributed by atoms with van der Waals surface area (Å²) in [6.45, 7) is 1.02. The van der Waals surface area contributed by atoms with Gasteiger partial charge in [-0.25, -0.2) is 0 Å². The smallest absolute Gasteiger partial charge is 0.146 e. The van der Waals surface area contributed by atoms with Crippen molar-refractivity contribution < 1.29 is 4.74 Å². The van der Waals surface area contributed by atoms with E-state index in [0.717, 1.165) is 27.9 Å². The molecular weight excluding hydrogens is 274 g/mol. The third-order valence-electron chi connectivity index (χ3n) is 3.01. The Hall–Kier alpha value is -2.20. The molecule has 0 atom stereocenters. The van der Waals surface area contributed by atoms with E-state index in [1.165, 1.54) is 0 Å². The highest BCUT2D eigenvalue weighted by molar-refractivity contribution is 6.30. The molecule has 4 nitrogen and oxygen atoms in total. The lowest BCUT2D eigenvalue weighted by Crippen LogP contribution is -2.26. The zero-order valence-corrected chi connectivity index (χ0v) is 11.5. The Kier molecular flexibility index (Phi) is 3.48. The van der Waals surface area contributed by atoms with Crippen molar-refractivity contribution in [3.05, 3.63) is 53.1 Å². The largest absolute Gasteiger partial charge is 0.484 e. The van der Waals surface area contributed by atoms with E-state index >= 15 is 0 Å². The fourth-order valence-electron chi connectivity index (χ4n) is 1.97. The summed E-state index contributed by atoms with van der Waals surface area (Å²) in [5, 5.41) is 3.97. The summed E-state index contributed by atoms with van der Waals surface area (Å²) in [6.07, 6.45) is 0. The SMILES string of the molecule is Nc1ccc2c(c1)NC(=NCc1ccc(Cl)cc1)CO2. The summed E-state index contributed by atoms with van der Waals surface area (Å²) in [5.74, 6) is 1.59. The molecule has 20 heavy (non-hydrogen) atoms. The first-order valence-corrected chi connectivity index (χ1v) is 6.65. The molecule has 0 saturated heterocycles. The van der Waals surface area contributed by atoms with Crippen LogP contribution in [-0.2, 0) is 6.54 Å². The molecule has 1 aliphatic rings. The average molecular weight is 288 g/mol. The number of hydrogen-bond acceptors (Lipinski definition) is 3. The Bertz CT molecular complexity index is 653. The van der Waals surface area contributed by atoms with E-state index in [1.54, 1.807) is 0 Å². The number of hydrogen-bond donors (Lipinski definition) is 2. The molecule has 0 spiro atoms. The second kappa shape index (κ2) is 5.43. The van der Waals surface area contributed by atoms with Crippen LogP contribution in [0.1, 0.15) is 5.56 Å². The van der Waals surface area contributed by atoms with Gasteiger partial charge >= 0.3 is 0 Å². The van der Waals surface area contributed by atoms with Crippen molar-refractivity contribution in [2.24, 2.45) is 4.99 Å². The Labute approximate surface area is 122 Å². The molecule has 102 valence electrons. The maximum absolute atomic E-state index is 5.85. The van der Waals surface area contributed by atoms with Crippen LogP contribution in [0.5, 0.6) is 5.75 Å². The monoisotopic (exact) mass is 287 g/mol. The van der Waals surface area contributed by atoms with Gasteiger partial charge in [-0.15, -0.1) is 0 Å². The minimum Gasteiger partial charge on any atom is -0.484 e. The van der Waals surface area contributed by atoms with Gasteiger partial charge in [0.1, 0.15) is 18.2 Å². The molecule has 3 N–H and O–H groups in total. The number of nitrogen functional groups attached to an aromatic ring is 1. The minimum atomic E-state index is 0.435. The number of amidine groups is 1. The molecule has 5 heteroatoms. The van der Waals surface area contributed by atoms with Crippen molar-refractivity contribution >= 4 is 28.8 Å². The van der Waals surface area contributed by atoms with E-state index in [-0.39, 0.29) is 0 Å². The lowest BCUT2D eigenvalue weighted by atomic mass is 10.2. The van der Waals surface area contributed by atoms with Crippen molar-refractivity contribution in [1.82, 2.24) is 0 Å². The predicted octanol–water partition coefficient (Wildman–Crippen LogP) is 3.33.